The molecule has 0 spiro atoms. The Bertz CT molecular complexity index is 254. The molecule has 3 nitrogen and oxygen atoms in total. The average molecular weight is 193 g/mol. The number of aryl methyl sites for hydroxylation is 1. The first-order valence-electron chi connectivity index (χ1n) is 5.08. The Hall–Kier alpha value is -1.09. The van der Waals surface area contributed by atoms with Gasteiger partial charge in [0, 0.05) is 25.3 Å². The van der Waals surface area contributed by atoms with Gasteiger partial charge in [0.25, 0.3) is 0 Å². The SMILES string of the molecule is Cc1ccc(NCCNC(C)C)nc1. The van der Waals surface area contributed by atoms with E-state index in [-0.39, 0.29) is 0 Å². The number of nitrogens with zero attached hydrogens (tertiary/aromatic N) is 1. The summed E-state index contributed by atoms with van der Waals surface area (Å²) in [6.45, 7) is 8.20. The van der Waals surface area contributed by atoms with Crippen molar-refractivity contribution >= 4 is 5.82 Å². The van der Waals surface area contributed by atoms with Crippen molar-refractivity contribution in [1.82, 2.24) is 10.3 Å². The van der Waals surface area contributed by atoms with E-state index in [1.54, 1.807) is 0 Å². The van der Waals surface area contributed by atoms with Crippen LogP contribution >= 0.6 is 0 Å². The predicted octanol–water partition coefficient (Wildman–Crippen LogP) is 1.80. The van der Waals surface area contributed by atoms with Gasteiger partial charge in [-0.25, -0.2) is 4.98 Å². The van der Waals surface area contributed by atoms with Crippen molar-refractivity contribution in [3.63, 3.8) is 0 Å². The number of aromatic nitrogens is 1. The van der Waals surface area contributed by atoms with Crippen LogP contribution in [-0.4, -0.2) is 24.1 Å². The molecule has 0 radical (unpaired) electrons. The van der Waals surface area contributed by atoms with E-state index in [1.807, 2.05) is 19.2 Å². The Morgan fingerprint density at radius 2 is 2.07 bits per heavy atom. The lowest BCUT2D eigenvalue weighted by molar-refractivity contribution is 0.602. The maximum atomic E-state index is 4.26. The second kappa shape index (κ2) is 5.60. The number of anilines is 1. The van der Waals surface area contributed by atoms with E-state index in [0.717, 1.165) is 18.9 Å². The first kappa shape index (κ1) is 11.0. The van der Waals surface area contributed by atoms with Crippen LogP contribution in [0.1, 0.15) is 19.4 Å². The molecule has 0 atom stereocenters. The third kappa shape index (κ3) is 4.23. The Morgan fingerprint density at radius 1 is 1.29 bits per heavy atom. The van der Waals surface area contributed by atoms with Crippen LogP contribution in [0.15, 0.2) is 18.3 Å². The molecule has 0 unspecified atom stereocenters. The second-order valence-electron chi connectivity index (χ2n) is 3.76. The molecule has 0 saturated heterocycles. The minimum Gasteiger partial charge on any atom is -0.369 e. The topological polar surface area (TPSA) is 37.0 Å². The van der Waals surface area contributed by atoms with Crippen molar-refractivity contribution in [1.29, 1.82) is 0 Å². The van der Waals surface area contributed by atoms with Crippen molar-refractivity contribution in [2.24, 2.45) is 0 Å². The van der Waals surface area contributed by atoms with Crippen LogP contribution in [0.2, 0.25) is 0 Å². The zero-order valence-electron chi connectivity index (χ0n) is 9.17. The molecule has 1 aromatic heterocycles. The molecule has 1 heterocycles. The van der Waals surface area contributed by atoms with Crippen LogP contribution in [0.25, 0.3) is 0 Å². The molecular weight excluding hydrogens is 174 g/mol. The average Bonchev–Trinajstić information content (AvgIpc) is 2.15. The highest BCUT2D eigenvalue weighted by molar-refractivity contribution is 5.34. The predicted molar refractivity (Wildman–Crippen MR) is 60.6 cm³/mol. The van der Waals surface area contributed by atoms with Gasteiger partial charge in [0.15, 0.2) is 0 Å². The smallest absolute Gasteiger partial charge is 0.125 e. The molecule has 1 rings (SSSR count). The first-order valence-corrected chi connectivity index (χ1v) is 5.08. The Labute approximate surface area is 85.9 Å². The normalized spacial score (nSPS) is 10.6. The van der Waals surface area contributed by atoms with Gasteiger partial charge in [-0.1, -0.05) is 19.9 Å². The number of pyridine rings is 1. The molecule has 0 amide bonds. The van der Waals surface area contributed by atoms with Crippen molar-refractivity contribution in [3.05, 3.63) is 23.9 Å². The summed E-state index contributed by atoms with van der Waals surface area (Å²) in [7, 11) is 0. The summed E-state index contributed by atoms with van der Waals surface area (Å²) in [6, 6.07) is 4.61. The number of hydrogen-bond acceptors (Lipinski definition) is 3. The lowest BCUT2D eigenvalue weighted by Gasteiger charge is -2.09. The van der Waals surface area contributed by atoms with Gasteiger partial charge in [-0.2, -0.15) is 0 Å². The van der Waals surface area contributed by atoms with E-state index in [4.69, 9.17) is 0 Å². The van der Waals surface area contributed by atoms with E-state index in [1.165, 1.54) is 5.56 Å². The first-order chi connectivity index (χ1) is 6.68. The van der Waals surface area contributed by atoms with E-state index < -0.39 is 0 Å². The van der Waals surface area contributed by atoms with Crippen LogP contribution < -0.4 is 10.6 Å². The summed E-state index contributed by atoms with van der Waals surface area (Å²) in [5.74, 6) is 0.946. The molecule has 0 aromatic carbocycles. The summed E-state index contributed by atoms with van der Waals surface area (Å²) in [5, 5.41) is 6.59. The van der Waals surface area contributed by atoms with Crippen LogP contribution in [0.5, 0.6) is 0 Å². The maximum Gasteiger partial charge on any atom is 0.125 e. The third-order valence-corrected chi connectivity index (χ3v) is 1.90. The van der Waals surface area contributed by atoms with Crippen molar-refractivity contribution < 1.29 is 0 Å². The van der Waals surface area contributed by atoms with Crippen LogP contribution in [0.3, 0.4) is 0 Å². The van der Waals surface area contributed by atoms with Gasteiger partial charge in [-0.05, 0) is 18.6 Å². The Balaban J connectivity index is 2.21. The number of nitrogens with one attached hydrogen (secondary N) is 2. The molecule has 3 heteroatoms. The highest BCUT2D eigenvalue weighted by Gasteiger charge is 1.93. The molecule has 78 valence electrons. The van der Waals surface area contributed by atoms with Crippen LogP contribution in [-0.2, 0) is 0 Å². The van der Waals surface area contributed by atoms with E-state index in [0.29, 0.717) is 6.04 Å². The van der Waals surface area contributed by atoms with Gasteiger partial charge in [0.05, 0.1) is 0 Å². The molecule has 0 aliphatic heterocycles. The molecule has 0 fully saturated rings. The fourth-order valence-electron chi connectivity index (χ4n) is 1.12. The largest absolute Gasteiger partial charge is 0.369 e. The summed E-state index contributed by atoms with van der Waals surface area (Å²) in [5.41, 5.74) is 1.19. The van der Waals surface area contributed by atoms with Gasteiger partial charge >= 0.3 is 0 Å². The molecule has 0 aliphatic carbocycles. The Morgan fingerprint density at radius 3 is 2.64 bits per heavy atom. The second-order valence-corrected chi connectivity index (χ2v) is 3.76. The van der Waals surface area contributed by atoms with Crippen molar-refractivity contribution in [2.75, 3.05) is 18.4 Å². The third-order valence-electron chi connectivity index (χ3n) is 1.90. The lowest BCUT2D eigenvalue weighted by Crippen LogP contribution is -2.28. The molecule has 0 aliphatic rings. The maximum absolute atomic E-state index is 4.26. The van der Waals surface area contributed by atoms with Gasteiger partial charge < -0.3 is 10.6 Å². The molecule has 0 saturated carbocycles. The molecule has 0 bridgehead atoms. The summed E-state index contributed by atoms with van der Waals surface area (Å²) < 4.78 is 0. The van der Waals surface area contributed by atoms with Gasteiger partial charge in [-0.3, -0.25) is 0 Å². The fourth-order valence-corrected chi connectivity index (χ4v) is 1.12. The van der Waals surface area contributed by atoms with Gasteiger partial charge in [-0.15, -0.1) is 0 Å². The molecule has 2 N–H and O–H groups in total. The van der Waals surface area contributed by atoms with Crippen molar-refractivity contribution in [2.45, 2.75) is 26.8 Å². The highest BCUT2D eigenvalue weighted by Crippen LogP contribution is 2.02. The monoisotopic (exact) mass is 193 g/mol. The quantitative estimate of drug-likeness (QED) is 0.700. The summed E-state index contributed by atoms with van der Waals surface area (Å²) in [6.07, 6.45) is 1.87. The van der Waals surface area contributed by atoms with Crippen LogP contribution in [0, 0.1) is 6.92 Å². The van der Waals surface area contributed by atoms with Crippen LogP contribution in [0.4, 0.5) is 5.82 Å². The standard InChI is InChI=1S/C11H19N3/c1-9(2)12-6-7-13-11-5-4-10(3)8-14-11/h4-5,8-9,12H,6-7H2,1-3H3,(H,13,14). The lowest BCUT2D eigenvalue weighted by atomic mass is 10.3. The zero-order valence-corrected chi connectivity index (χ0v) is 9.17. The molecular formula is C11H19N3. The minimum absolute atomic E-state index is 0.544. The Kier molecular flexibility index (Phi) is 4.40. The van der Waals surface area contributed by atoms with E-state index in [9.17, 15) is 0 Å². The minimum atomic E-state index is 0.544. The molecule has 1 aromatic rings. The van der Waals surface area contributed by atoms with Crippen molar-refractivity contribution in [3.8, 4) is 0 Å². The van der Waals surface area contributed by atoms with Gasteiger partial charge in [0.2, 0.25) is 0 Å². The highest BCUT2D eigenvalue weighted by atomic mass is 15.0. The van der Waals surface area contributed by atoms with Gasteiger partial charge in [0.1, 0.15) is 5.82 Å². The van der Waals surface area contributed by atoms with E-state index >= 15 is 0 Å². The fraction of sp³-hybridized carbons (Fsp3) is 0.545. The van der Waals surface area contributed by atoms with E-state index in [2.05, 4.69) is 35.5 Å². The summed E-state index contributed by atoms with van der Waals surface area (Å²) in [4.78, 5) is 4.26. The summed E-state index contributed by atoms with van der Waals surface area (Å²) >= 11 is 0. The molecule has 14 heavy (non-hydrogen) atoms. The number of rotatable bonds is 5. The zero-order chi connectivity index (χ0) is 10.4. The number of hydrogen-bond donors (Lipinski definition) is 2.